The average molecular weight is 579 g/mol. The summed E-state index contributed by atoms with van der Waals surface area (Å²) in [6.45, 7) is 11.6. The van der Waals surface area contributed by atoms with Gasteiger partial charge in [0.25, 0.3) is 5.91 Å². The first kappa shape index (κ1) is 29.2. The van der Waals surface area contributed by atoms with Gasteiger partial charge in [0.2, 0.25) is 0 Å². The van der Waals surface area contributed by atoms with Crippen molar-refractivity contribution in [2.45, 2.75) is 58.4 Å². The van der Waals surface area contributed by atoms with Gasteiger partial charge in [0.05, 0.1) is 49.7 Å². The molecule has 9 heteroatoms. The Balaban J connectivity index is 1.21. The van der Waals surface area contributed by atoms with E-state index in [2.05, 4.69) is 36.0 Å². The summed E-state index contributed by atoms with van der Waals surface area (Å²) in [5.41, 5.74) is 4.34. The molecule has 2 atom stereocenters. The number of benzene rings is 2. The van der Waals surface area contributed by atoms with Gasteiger partial charge in [-0.05, 0) is 66.8 Å². The van der Waals surface area contributed by atoms with Crippen molar-refractivity contribution in [2.75, 3.05) is 46.1 Å². The fourth-order valence-corrected chi connectivity index (χ4v) is 7.02. The van der Waals surface area contributed by atoms with Gasteiger partial charge in [0.15, 0.2) is 6.29 Å². The third kappa shape index (κ3) is 5.84. The van der Waals surface area contributed by atoms with E-state index in [9.17, 15) is 9.18 Å². The lowest BCUT2D eigenvalue weighted by Gasteiger charge is -2.46. The van der Waals surface area contributed by atoms with Gasteiger partial charge in [-0.3, -0.25) is 14.4 Å². The van der Waals surface area contributed by atoms with Gasteiger partial charge in [-0.1, -0.05) is 32.0 Å². The summed E-state index contributed by atoms with van der Waals surface area (Å²) in [7, 11) is 1.97. The number of aromatic nitrogens is 2. The standard InChI is InChI=1S/C33H43FN4O4/c1-21(2)30(9-10-31-41-13-14-42-31)37-18-23(19-37)15-24-5-7-27(29-17-35-36(4)32(24)29)26-8-6-25(34)16-28(26)33(39)38-11-12-40-20-22(38)3/h5-8,16-17,21-23,30-31H,9-15,18-20H2,1-4H3/t22-,30?/m1/s1. The van der Waals surface area contributed by atoms with Crippen LogP contribution in [0.2, 0.25) is 0 Å². The summed E-state index contributed by atoms with van der Waals surface area (Å²) in [5.74, 6) is 0.560. The first-order chi connectivity index (χ1) is 20.3. The topological polar surface area (TPSA) is 69.1 Å². The maximum absolute atomic E-state index is 14.5. The zero-order valence-corrected chi connectivity index (χ0v) is 25.2. The number of aryl methyl sites for hydroxylation is 1. The Hall–Kier alpha value is -2.85. The predicted octanol–water partition coefficient (Wildman–Crippen LogP) is 4.89. The first-order valence-corrected chi connectivity index (χ1v) is 15.4. The Bertz CT molecular complexity index is 1410. The monoisotopic (exact) mass is 578 g/mol. The number of rotatable bonds is 9. The molecule has 3 aliphatic heterocycles. The van der Waals surface area contributed by atoms with E-state index in [1.165, 1.54) is 17.7 Å². The minimum absolute atomic E-state index is 0.0471. The van der Waals surface area contributed by atoms with Crippen LogP contribution in [0.15, 0.2) is 36.5 Å². The SMILES string of the molecule is CC(C)C(CCC1OCCO1)N1CC(Cc2ccc(-c3ccc(F)cc3C(=O)N3CCOC[C@H]3C)c3cnn(C)c23)C1. The molecule has 1 amide bonds. The normalized spacial score (nSPS) is 21.4. The number of hydrogen-bond donors (Lipinski definition) is 0. The number of fused-ring (bicyclic) bond motifs is 1. The summed E-state index contributed by atoms with van der Waals surface area (Å²) < 4.78 is 33.3. The Morgan fingerprint density at radius 3 is 2.60 bits per heavy atom. The number of morpholine rings is 1. The van der Waals surface area contributed by atoms with Gasteiger partial charge in [0.1, 0.15) is 5.82 Å². The van der Waals surface area contributed by atoms with Crippen molar-refractivity contribution in [1.29, 1.82) is 0 Å². The highest BCUT2D eigenvalue weighted by atomic mass is 19.1. The summed E-state index contributed by atoms with van der Waals surface area (Å²) in [6.07, 6.45) is 4.82. The van der Waals surface area contributed by atoms with Crippen LogP contribution in [0.5, 0.6) is 0 Å². The molecule has 3 saturated heterocycles. The largest absolute Gasteiger partial charge is 0.377 e. The third-order valence-corrected chi connectivity index (χ3v) is 9.24. The predicted molar refractivity (Wildman–Crippen MR) is 160 cm³/mol. The minimum Gasteiger partial charge on any atom is -0.377 e. The van der Waals surface area contributed by atoms with Crippen LogP contribution in [-0.4, -0.2) is 89.9 Å². The number of nitrogens with zero attached hydrogens (tertiary/aromatic N) is 4. The van der Waals surface area contributed by atoms with Crippen LogP contribution >= 0.6 is 0 Å². The number of ether oxygens (including phenoxy) is 3. The summed E-state index contributed by atoms with van der Waals surface area (Å²) in [6, 6.07) is 9.25. The molecule has 0 bridgehead atoms. The van der Waals surface area contributed by atoms with Crippen molar-refractivity contribution in [2.24, 2.45) is 18.9 Å². The van der Waals surface area contributed by atoms with Gasteiger partial charge in [-0.15, -0.1) is 0 Å². The molecule has 4 heterocycles. The molecule has 0 N–H and O–H groups in total. The molecule has 0 radical (unpaired) electrons. The molecule has 8 nitrogen and oxygen atoms in total. The third-order valence-electron chi connectivity index (χ3n) is 9.24. The second-order valence-electron chi connectivity index (χ2n) is 12.5. The molecule has 1 aromatic heterocycles. The van der Waals surface area contributed by atoms with E-state index in [1.807, 2.05) is 24.9 Å². The molecular weight excluding hydrogens is 535 g/mol. The van der Waals surface area contributed by atoms with Crippen molar-refractivity contribution < 1.29 is 23.4 Å². The van der Waals surface area contributed by atoms with Crippen molar-refractivity contribution >= 4 is 16.8 Å². The van der Waals surface area contributed by atoms with E-state index in [1.54, 1.807) is 11.0 Å². The Kier molecular flexibility index (Phi) is 8.63. The zero-order chi connectivity index (χ0) is 29.4. The van der Waals surface area contributed by atoms with Crippen LogP contribution in [0.4, 0.5) is 4.39 Å². The minimum atomic E-state index is -0.417. The molecule has 0 spiro atoms. The lowest BCUT2D eigenvalue weighted by Crippen LogP contribution is -2.54. The Morgan fingerprint density at radius 1 is 1.10 bits per heavy atom. The number of amides is 1. The smallest absolute Gasteiger partial charge is 0.254 e. The highest BCUT2D eigenvalue weighted by molar-refractivity contribution is 6.06. The van der Waals surface area contributed by atoms with Crippen LogP contribution in [0, 0.1) is 17.7 Å². The van der Waals surface area contributed by atoms with Crippen molar-refractivity contribution in [3.05, 3.63) is 53.5 Å². The number of halogens is 1. The highest BCUT2D eigenvalue weighted by Gasteiger charge is 2.35. The first-order valence-electron chi connectivity index (χ1n) is 15.4. The van der Waals surface area contributed by atoms with Crippen LogP contribution < -0.4 is 0 Å². The van der Waals surface area contributed by atoms with Crippen molar-refractivity contribution in [3.63, 3.8) is 0 Å². The lowest BCUT2D eigenvalue weighted by atomic mass is 9.85. The Labute approximate surface area is 247 Å². The van der Waals surface area contributed by atoms with Gasteiger partial charge in [-0.2, -0.15) is 5.10 Å². The van der Waals surface area contributed by atoms with Gasteiger partial charge in [0, 0.05) is 38.1 Å². The zero-order valence-electron chi connectivity index (χ0n) is 25.2. The van der Waals surface area contributed by atoms with Crippen LogP contribution in [0.3, 0.4) is 0 Å². The maximum atomic E-state index is 14.5. The molecule has 42 heavy (non-hydrogen) atoms. The van der Waals surface area contributed by atoms with E-state index in [0.29, 0.717) is 56.4 Å². The van der Waals surface area contributed by atoms with Crippen LogP contribution in [0.1, 0.15) is 49.5 Å². The second-order valence-corrected chi connectivity index (χ2v) is 12.5. The number of likely N-dealkylation sites (tertiary alicyclic amines) is 1. The molecule has 2 aromatic carbocycles. The summed E-state index contributed by atoms with van der Waals surface area (Å²) in [5, 5.41) is 5.60. The van der Waals surface area contributed by atoms with Gasteiger partial charge < -0.3 is 19.1 Å². The molecule has 6 rings (SSSR count). The summed E-state index contributed by atoms with van der Waals surface area (Å²) in [4.78, 5) is 18.1. The number of carbonyl (C=O) groups is 1. The number of hydrogen-bond acceptors (Lipinski definition) is 6. The highest BCUT2D eigenvalue weighted by Crippen LogP contribution is 2.36. The lowest BCUT2D eigenvalue weighted by molar-refractivity contribution is -0.0585. The molecular formula is C33H43FN4O4. The fourth-order valence-electron chi connectivity index (χ4n) is 7.02. The molecule has 3 fully saturated rings. The van der Waals surface area contributed by atoms with Crippen molar-refractivity contribution in [3.8, 4) is 11.1 Å². The average Bonchev–Trinajstić information content (AvgIpc) is 3.62. The van der Waals surface area contributed by atoms with E-state index < -0.39 is 5.82 Å². The van der Waals surface area contributed by atoms with E-state index in [4.69, 9.17) is 14.2 Å². The molecule has 226 valence electrons. The van der Waals surface area contributed by atoms with Crippen LogP contribution in [-0.2, 0) is 27.7 Å². The molecule has 1 unspecified atom stereocenters. The van der Waals surface area contributed by atoms with Crippen LogP contribution in [0.25, 0.3) is 22.0 Å². The van der Waals surface area contributed by atoms with Crippen molar-refractivity contribution in [1.82, 2.24) is 19.6 Å². The maximum Gasteiger partial charge on any atom is 0.254 e. The van der Waals surface area contributed by atoms with Gasteiger partial charge >= 0.3 is 0 Å². The summed E-state index contributed by atoms with van der Waals surface area (Å²) >= 11 is 0. The second kappa shape index (κ2) is 12.4. The molecule has 3 aromatic rings. The molecule has 0 aliphatic carbocycles. The molecule has 3 aliphatic rings. The van der Waals surface area contributed by atoms with E-state index in [-0.39, 0.29) is 18.2 Å². The van der Waals surface area contributed by atoms with E-state index in [0.717, 1.165) is 54.4 Å². The quantitative estimate of drug-likeness (QED) is 0.360. The van der Waals surface area contributed by atoms with E-state index >= 15 is 0 Å². The fraction of sp³-hybridized carbons (Fsp3) is 0.576. The van der Waals surface area contributed by atoms with Gasteiger partial charge in [-0.25, -0.2) is 4.39 Å². The Morgan fingerprint density at radius 2 is 1.86 bits per heavy atom. The molecule has 0 saturated carbocycles. The number of carbonyl (C=O) groups excluding carboxylic acids is 1.